The summed E-state index contributed by atoms with van der Waals surface area (Å²) in [4.78, 5) is 16.3. The molecule has 1 aromatic rings. The van der Waals surface area contributed by atoms with Gasteiger partial charge in [-0.3, -0.25) is 9.89 Å². The van der Waals surface area contributed by atoms with Crippen LogP contribution in [0.25, 0.3) is 0 Å². The molecule has 8 heteroatoms. The summed E-state index contributed by atoms with van der Waals surface area (Å²) >= 11 is 17.0. The van der Waals surface area contributed by atoms with E-state index in [1.165, 1.54) is 6.33 Å². The topological polar surface area (TPSA) is 78.9 Å². The van der Waals surface area contributed by atoms with Crippen molar-refractivity contribution in [3.8, 4) is 0 Å². The summed E-state index contributed by atoms with van der Waals surface area (Å²) in [6, 6.07) is 0. The van der Waals surface area contributed by atoms with Crippen LogP contribution in [-0.2, 0) is 4.79 Å². The lowest BCUT2D eigenvalue weighted by atomic mass is 9.87. The van der Waals surface area contributed by atoms with Gasteiger partial charge in [-0.1, -0.05) is 41.7 Å². The molecule has 2 rings (SSSR count). The van der Waals surface area contributed by atoms with E-state index in [1.807, 2.05) is 6.92 Å². The number of carbonyl (C=O) groups excluding carboxylic acids is 1. The SMILES string of the molecule is CC1(C(=O)C(c2ncn[nH]2)C(O)C(Cl)(Cl)Cl)CC1. The van der Waals surface area contributed by atoms with Crippen molar-refractivity contribution in [1.29, 1.82) is 0 Å². The number of halogens is 3. The van der Waals surface area contributed by atoms with Crippen LogP contribution in [0.3, 0.4) is 0 Å². The number of rotatable bonds is 4. The molecule has 2 N–H and O–H groups in total. The second kappa shape index (κ2) is 4.63. The molecule has 2 unspecified atom stereocenters. The molecule has 5 nitrogen and oxygen atoms in total. The number of aromatic nitrogens is 3. The van der Waals surface area contributed by atoms with Gasteiger partial charge < -0.3 is 5.11 Å². The van der Waals surface area contributed by atoms with E-state index in [4.69, 9.17) is 34.8 Å². The number of Topliss-reactive ketones (excluding diaryl/α,β-unsaturated/α-hetero) is 1. The average Bonchev–Trinajstić information content (AvgIpc) is 2.81. The minimum Gasteiger partial charge on any atom is -0.387 e. The van der Waals surface area contributed by atoms with Crippen LogP contribution in [-0.4, -0.2) is 36.0 Å². The van der Waals surface area contributed by atoms with Crippen molar-refractivity contribution >= 4 is 40.6 Å². The first-order chi connectivity index (χ1) is 8.26. The van der Waals surface area contributed by atoms with Crippen molar-refractivity contribution in [1.82, 2.24) is 15.2 Å². The Morgan fingerprint density at radius 2 is 2.17 bits per heavy atom. The molecule has 1 aromatic heterocycles. The summed E-state index contributed by atoms with van der Waals surface area (Å²) in [5.74, 6) is -0.975. The maximum atomic E-state index is 12.4. The highest BCUT2D eigenvalue weighted by Gasteiger charge is 2.53. The van der Waals surface area contributed by atoms with Crippen LogP contribution in [0.5, 0.6) is 0 Å². The minimum absolute atomic E-state index is 0.182. The molecule has 1 saturated carbocycles. The number of hydrogen-bond acceptors (Lipinski definition) is 4. The third kappa shape index (κ3) is 2.64. The molecule has 0 saturated heterocycles. The number of alkyl halides is 3. The van der Waals surface area contributed by atoms with Gasteiger partial charge in [-0.25, -0.2) is 4.98 Å². The zero-order valence-electron chi connectivity index (χ0n) is 9.53. The van der Waals surface area contributed by atoms with Crippen LogP contribution in [0.2, 0.25) is 0 Å². The van der Waals surface area contributed by atoms with Crippen LogP contribution in [0.4, 0.5) is 0 Å². The van der Waals surface area contributed by atoms with E-state index < -0.39 is 21.2 Å². The highest BCUT2D eigenvalue weighted by atomic mass is 35.6. The standard InChI is InChI=1S/C10H12Cl3N3O2/c1-9(2-3-9)6(17)5(7(18)10(11,12)13)8-14-4-15-16-8/h4-5,7,18H,2-3H2,1H3,(H,14,15,16). The average molecular weight is 313 g/mol. The molecule has 2 atom stereocenters. The molecular formula is C10H12Cl3N3O2. The van der Waals surface area contributed by atoms with Crippen LogP contribution in [0.15, 0.2) is 6.33 Å². The molecule has 0 aromatic carbocycles. The number of aromatic amines is 1. The van der Waals surface area contributed by atoms with Gasteiger partial charge in [-0.15, -0.1) is 0 Å². The lowest BCUT2D eigenvalue weighted by Crippen LogP contribution is -2.39. The number of nitrogens with one attached hydrogen (secondary N) is 1. The molecular weight excluding hydrogens is 300 g/mol. The fourth-order valence-corrected chi connectivity index (χ4v) is 2.16. The lowest BCUT2D eigenvalue weighted by Gasteiger charge is -2.27. The smallest absolute Gasteiger partial charge is 0.217 e. The normalized spacial score (nSPS) is 21.4. The highest BCUT2D eigenvalue weighted by molar-refractivity contribution is 6.68. The fourth-order valence-electron chi connectivity index (χ4n) is 1.78. The van der Waals surface area contributed by atoms with Gasteiger partial charge in [0.2, 0.25) is 3.79 Å². The minimum atomic E-state index is -1.96. The summed E-state index contributed by atoms with van der Waals surface area (Å²) in [7, 11) is 0. The van der Waals surface area contributed by atoms with Gasteiger partial charge in [0.15, 0.2) is 5.78 Å². The third-order valence-corrected chi connectivity index (χ3v) is 3.93. The number of H-pyrrole nitrogens is 1. The number of carbonyl (C=O) groups is 1. The highest BCUT2D eigenvalue weighted by Crippen LogP contribution is 2.51. The maximum Gasteiger partial charge on any atom is 0.217 e. The van der Waals surface area contributed by atoms with Crippen LogP contribution < -0.4 is 0 Å². The van der Waals surface area contributed by atoms with Gasteiger partial charge in [0.1, 0.15) is 24.2 Å². The molecule has 1 fully saturated rings. The number of ketones is 1. The molecule has 0 spiro atoms. The molecule has 18 heavy (non-hydrogen) atoms. The van der Waals surface area contributed by atoms with Gasteiger partial charge in [-0.2, -0.15) is 5.10 Å². The van der Waals surface area contributed by atoms with Crippen molar-refractivity contribution in [2.24, 2.45) is 5.41 Å². The van der Waals surface area contributed by atoms with Gasteiger partial charge in [0.25, 0.3) is 0 Å². The predicted molar refractivity (Wildman–Crippen MR) is 67.8 cm³/mol. The van der Waals surface area contributed by atoms with E-state index in [2.05, 4.69) is 15.2 Å². The van der Waals surface area contributed by atoms with Crippen molar-refractivity contribution in [2.45, 2.75) is 35.6 Å². The zero-order chi connectivity index (χ0) is 13.6. The Labute approximate surface area is 119 Å². The number of aliphatic hydroxyl groups is 1. The van der Waals surface area contributed by atoms with Crippen LogP contribution >= 0.6 is 34.8 Å². The first kappa shape index (κ1) is 14.1. The van der Waals surface area contributed by atoms with Crippen molar-refractivity contribution in [2.75, 3.05) is 0 Å². The molecule has 1 heterocycles. The fraction of sp³-hybridized carbons (Fsp3) is 0.700. The molecule has 1 aliphatic rings. The van der Waals surface area contributed by atoms with E-state index in [0.29, 0.717) is 0 Å². The van der Waals surface area contributed by atoms with Crippen LogP contribution in [0.1, 0.15) is 31.5 Å². The number of aliphatic hydroxyl groups excluding tert-OH is 1. The largest absolute Gasteiger partial charge is 0.387 e. The van der Waals surface area contributed by atoms with Gasteiger partial charge in [-0.05, 0) is 12.8 Å². The quantitative estimate of drug-likeness (QED) is 0.833. The molecule has 1 aliphatic carbocycles. The summed E-state index contributed by atoms with van der Waals surface area (Å²) in [5, 5.41) is 16.3. The van der Waals surface area contributed by atoms with Crippen LogP contribution in [0, 0.1) is 5.41 Å². The lowest BCUT2D eigenvalue weighted by molar-refractivity contribution is -0.127. The second-order valence-electron chi connectivity index (χ2n) is 4.76. The zero-order valence-corrected chi connectivity index (χ0v) is 11.8. The summed E-state index contributed by atoms with van der Waals surface area (Å²) < 4.78 is -1.96. The Hall–Kier alpha value is -0.360. The molecule has 0 aliphatic heterocycles. The van der Waals surface area contributed by atoms with E-state index >= 15 is 0 Å². The first-order valence-electron chi connectivity index (χ1n) is 5.40. The van der Waals surface area contributed by atoms with E-state index in [1.54, 1.807) is 0 Å². The van der Waals surface area contributed by atoms with Gasteiger partial charge in [0.05, 0.1) is 0 Å². The Balaban J connectivity index is 2.32. The van der Waals surface area contributed by atoms with Gasteiger partial charge >= 0.3 is 0 Å². The molecule has 0 radical (unpaired) electrons. The monoisotopic (exact) mass is 311 g/mol. The molecule has 0 bridgehead atoms. The van der Waals surface area contributed by atoms with Gasteiger partial charge in [0, 0.05) is 5.41 Å². The number of hydrogen-bond donors (Lipinski definition) is 2. The van der Waals surface area contributed by atoms with E-state index in [-0.39, 0.29) is 11.6 Å². The number of nitrogens with zero attached hydrogens (tertiary/aromatic N) is 2. The first-order valence-corrected chi connectivity index (χ1v) is 6.53. The Kier molecular flexibility index (Phi) is 3.62. The summed E-state index contributed by atoms with van der Waals surface area (Å²) in [6.07, 6.45) is 1.31. The Bertz CT molecular complexity index is 440. The van der Waals surface area contributed by atoms with Crippen molar-refractivity contribution < 1.29 is 9.90 Å². The predicted octanol–water partition coefficient (Wildman–Crippen LogP) is 1.99. The third-order valence-electron chi connectivity index (χ3n) is 3.26. The van der Waals surface area contributed by atoms with E-state index in [9.17, 15) is 9.90 Å². The van der Waals surface area contributed by atoms with Crippen molar-refractivity contribution in [3.05, 3.63) is 12.2 Å². The summed E-state index contributed by atoms with van der Waals surface area (Å²) in [6.45, 7) is 1.82. The second-order valence-corrected chi connectivity index (χ2v) is 7.13. The Morgan fingerprint density at radius 1 is 1.56 bits per heavy atom. The van der Waals surface area contributed by atoms with E-state index in [0.717, 1.165) is 12.8 Å². The van der Waals surface area contributed by atoms with Crippen molar-refractivity contribution in [3.63, 3.8) is 0 Å². The molecule has 100 valence electrons. The summed E-state index contributed by atoms with van der Waals surface area (Å²) in [5.41, 5.74) is -0.464. The Morgan fingerprint density at radius 3 is 2.56 bits per heavy atom. The maximum absolute atomic E-state index is 12.4. The molecule has 0 amide bonds.